The first-order chi connectivity index (χ1) is 15.0. The molecular weight excluding hydrogens is 396 g/mol. The Morgan fingerprint density at radius 3 is 2.48 bits per heavy atom. The predicted molar refractivity (Wildman–Crippen MR) is 117 cm³/mol. The van der Waals surface area contributed by atoms with E-state index in [0.717, 1.165) is 27.8 Å². The number of fused-ring (bicyclic) bond motifs is 1. The van der Waals surface area contributed by atoms with Crippen molar-refractivity contribution in [3.8, 4) is 5.75 Å². The van der Waals surface area contributed by atoms with Gasteiger partial charge in [-0.3, -0.25) is 9.59 Å². The number of hydrogen-bond donors (Lipinski definition) is 2. The number of aromatic nitrogens is 1. The van der Waals surface area contributed by atoms with Gasteiger partial charge in [-0.25, -0.2) is 0 Å². The molecule has 7 nitrogen and oxygen atoms in total. The number of methoxy groups -OCH3 is 1. The predicted octanol–water partition coefficient (Wildman–Crippen LogP) is 3.34. The number of para-hydroxylation sites is 1. The highest BCUT2D eigenvalue weighted by molar-refractivity contribution is 5.85. The van der Waals surface area contributed by atoms with Crippen molar-refractivity contribution >= 4 is 28.6 Å². The lowest BCUT2D eigenvalue weighted by molar-refractivity contribution is -0.149. The minimum Gasteiger partial charge on any atom is -0.497 e. The number of rotatable bonds is 10. The number of Topliss-reactive ketones (excluding diaryl/α,β-unsaturated/α-hetero) is 1. The topological polar surface area (TPSA) is 97.5 Å². The molecule has 0 unspecified atom stereocenters. The summed E-state index contributed by atoms with van der Waals surface area (Å²) in [5.74, 6) is -0.409. The zero-order valence-corrected chi connectivity index (χ0v) is 17.6. The lowest BCUT2D eigenvalue weighted by Gasteiger charge is -2.18. The molecule has 162 valence electrons. The second-order valence-corrected chi connectivity index (χ2v) is 7.28. The van der Waals surface area contributed by atoms with Crippen LogP contribution in [0, 0.1) is 0 Å². The van der Waals surface area contributed by atoms with Crippen LogP contribution in [0.15, 0.2) is 54.7 Å². The molecule has 0 radical (unpaired) electrons. The summed E-state index contributed by atoms with van der Waals surface area (Å²) >= 11 is 0. The average Bonchev–Trinajstić information content (AvgIpc) is 3.21. The van der Waals surface area contributed by atoms with Gasteiger partial charge in [-0.2, -0.15) is 0 Å². The molecular formula is C24H26N2O5. The molecule has 1 heterocycles. The molecule has 0 bridgehead atoms. The van der Waals surface area contributed by atoms with E-state index in [0.29, 0.717) is 6.54 Å². The van der Waals surface area contributed by atoms with Gasteiger partial charge in [0.05, 0.1) is 13.5 Å². The van der Waals surface area contributed by atoms with Gasteiger partial charge in [0.15, 0.2) is 6.61 Å². The maximum atomic E-state index is 12.3. The van der Waals surface area contributed by atoms with Crippen LogP contribution in [0.4, 0.5) is 0 Å². The minimum atomic E-state index is -0.561. The van der Waals surface area contributed by atoms with E-state index in [1.54, 1.807) is 7.11 Å². The van der Waals surface area contributed by atoms with Gasteiger partial charge < -0.3 is 24.6 Å². The third-order valence-electron chi connectivity index (χ3n) is 5.06. The Balaban J connectivity index is 1.71. The number of ketones is 1. The fourth-order valence-electron chi connectivity index (χ4n) is 3.39. The van der Waals surface area contributed by atoms with Gasteiger partial charge in [0.2, 0.25) is 0 Å². The molecule has 0 saturated heterocycles. The fourth-order valence-corrected chi connectivity index (χ4v) is 3.39. The molecule has 0 fully saturated rings. The van der Waals surface area contributed by atoms with Crippen LogP contribution in [0.25, 0.3) is 10.9 Å². The van der Waals surface area contributed by atoms with E-state index in [1.165, 1.54) is 6.92 Å². The smallest absolute Gasteiger partial charge is 0.306 e. The zero-order chi connectivity index (χ0) is 22.2. The lowest BCUT2D eigenvalue weighted by atomic mass is 9.91. The summed E-state index contributed by atoms with van der Waals surface area (Å²) in [6.45, 7) is 1.36. The lowest BCUT2D eigenvalue weighted by Crippen LogP contribution is -2.32. The Bertz CT molecular complexity index is 1060. The second-order valence-electron chi connectivity index (χ2n) is 7.28. The van der Waals surface area contributed by atoms with Crippen molar-refractivity contribution in [1.29, 1.82) is 0 Å². The van der Waals surface area contributed by atoms with Gasteiger partial charge in [0.1, 0.15) is 11.5 Å². The Hall–Kier alpha value is -3.61. The first-order valence-corrected chi connectivity index (χ1v) is 10.1. The van der Waals surface area contributed by atoms with E-state index in [2.05, 4.69) is 10.3 Å². The highest BCUT2D eigenvalue weighted by Gasteiger charge is 2.19. The Morgan fingerprint density at radius 2 is 1.77 bits per heavy atom. The summed E-state index contributed by atoms with van der Waals surface area (Å²) in [5.41, 5.74) is 3.09. The standard InChI is InChI=1S/C24H26N2O5/c1-16(27)7-12-24(29)31-15-23(28)26-13-20(17-8-10-18(30-2)11-9-17)21-14-25-22-6-4-3-5-19(21)22/h3-6,8-11,14,20,25H,7,12-13,15H2,1-2H3,(H,26,28)/t20-/m0/s1. The number of hydrogen-bond acceptors (Lipinski definition) is 5. The molecule has 0 aliphatic carbocycles. The number of esters is 1. The Labute approximate surface area is 180 Å². The molecule has 0 spiro atoms. The number of aromatic amines is 1. The van der Waals surface area contributed by atoms with Gasteiger partial charge in [-0.15, -0.1) is 0 Å². The highest BCUT2D eigenvalue weighted by atomic mass is 16.5. The van der Waals surface area contributed by atoms with Gasteiger partial charge in [-0.05, 0) is 36.2 Å². The summed E-state index contributed by atoms with van der Waals surface area (Å²) in [6.07, 6.45) is 2.04. The van der Waals surface area contributed by atoms with Gasteiger partial charge in [0.25, 0.3) is 5.91 Å². The number of amides is 1. The van der Waals surface area contributed by atoms with Crippen molar-refractivity contribution in [2.24, 2.45) is 0 Å². The van der Waals surface area contributed by atoms with E-state index in [4.69, 9.17) is 9.47 Å². The zero-order valence-electron chi connectivity index (χ0n) is 17.6. The third kappa shape index (κ3) is 5.94. The van der Waals surface area contributed by atoms with Crippen molar-refractivity contribution in [2.45, 2.75) is 25.7 Å². The minimum absolute atomic E-state index is 0.0214. The van der Waals surface area contributed by atoms with E-state index in [-0.39, 0.29) is 31.1 Å². The second kappa shape index (κ2) is 10.4. The number of ether oxygens (including phenoxy) is 2. The summed E-state index contributed by atoms with van der Waals surface area (Å²) in [7, 11) is 1.62. The maximum Gasteiger partial charge on any atom is 0.306 e. The number of carbonyl (C=O) groups excluding carboxylic acids is 3. The van der Waals surface area contributed by atoms with Crippen LogP contribution in [0.1, 0.15) is 36.8 Å². The van der Waals surface area contributed by atoms with E-state index in [9.17, 15) is 14.4 Å². The number of benzene rings is 2. The van der Waals surface area contributed by atoms with Crippen LogP contribution in [0.2, 0.25) is 0 Å². The normalized spacial score (nSPS) is 11.7. The van der Waals surface area contributed by atoms with E-state index < -0.39 is 11.9 Å². The molecule has 3 rings (SSSR count). The first-order valence-electron chi connectivity index (χ1n) is 10.1. The quantitative estimate of drug-likeness (QED) is 0.489. The first kappa shape index (κ1) is 22.1. The van der Waals surface area contributed by atoms with Crippen molar-refractivity contribution in [3.63, 3.8) is 0 Å². The van der Waals surface area contributed by atoms with Crippen LogP contribution < -0.4 is 10.1 Å². The largest absolute Gasteiger partial charge is 0.497 e. The number of nitrogens with one attached hydrogen (secondary N) is 2. The summed E-state index contributed by atoms with van der Waals surface area (Å²) in [5, 5.41) is 3.93. The van der Waals surface area contributed by atoms with Gasteiger partial charge >= 0.3 is 5.97 Å². The van der Waals surface area contributed by atoms with Crippen molar-refractivity contribution in [2.75, 3.05) is 20.3 Å². The third-order valence-corrected chi connectivity index (χ3v) is 5.06. The number of H-pyrrole nitrogens is 1. The molecule has 2 aromatic carbocycles. The molecule has 1 atom stereocenters. The summed E-state index contributed by atoms with van der Waals surface area (Å²) in [6, 6.07) is 15.7. The molecule has 2 N–H and O–H groups in total. The molecule has 1 amide bonds. The molecule has 0 saturated carbocycles. The Kier molecular flexibility index (Phi) is 7.43. The van der Waals surface area contributed by atoms with E-state index >= 15 is 0 Å². The molecule has 7 heteroatoms. The van der Waals surface area contributed by atoms with Crippen LogP contribution in [-0.4, -0.2) is 42.9 Å². The molecule has 3 aromatic rings. The molecule has 0 aliphatic heterocycles. The van der Waals surface area contributed by atoms with Crippen LogP contribution in [0.5, 0.6) is 5.75 Å². The van der Waals surface area contributed by atoms with Crippen LogP contribution in [-0.2, 0) is 19.1 Å². The monoisotopic (exact) mass is 422 g/mol. The van der Waals surface area contributed by atoms with Gasteiger partial charge in [0, 0.05) is 36.0 Å². The summed E-state index contributed by atoms with van der Waals surface area (Å²) < 4.78 is 10.2. The number of carbonyl (C=O) groups is 3. The molecule has 31 heavy (non-hydrogen) atoms. The van der Waals surface area contributed by atoms with Crippen LogP contribution >= 0.6 is 0 Å². The van der Waals surface area contributed by atoms with Crippen molar-refractivity contribution in [1.82, 2.24) is 10.3 Å². The maximum absolute atomic E-state index is 12.3. The van der Waals surface area contributed by atoms with Crippen molar-refractivity contribution < 1.29 is 23.9 Å². The SMILES string of the molecule is COc1ccc([C@H](CNC(=O)COC(=O)CCC(C)=O)c2c[nH]c3ccccc23)cc1. The fraction of sp³-hybridized carbons (Fsp3) is 0.292. The molecule has 1 aromatic heterocycles. The summed E-state index contributed by atoms with van der Waals surface area (Å²) in [4.78, 5) is 38.1. The highest BCUT2D eigenvalue weighted by Crippen LogP contribution is 2.31. The Morgan fingerprint density at radius 1 is 1.03 bits per heavy atom. The van der Waals surface area contributed by atoms with E-state index in [1.807, 2.05) is 54.7 Å². The van der Waals surface area contributed by atoms with Crippen molar-refractivity contribution in [3.05, 3.63) is 65.9 Å². The van der Waals surface area contributed by atoms with Gasteiger partial charge in [-0.1, -0.05) is 30.3 Å². The average molecular weight is 422 g/mol. The molecule has 0 aliphatic rings. The van der Waals surface area contributed by atoms with Crippen LogP contribution in [0.3, 0.4) is 0 Å².